The topological polar surface area (TPSA) is 96.5 Å². The van der Waals surface area contributed by atoms with Crippen molar-refractivity contribution in [1.29, 1.82) is 0 Å². The first kappa shape index (κ1) is 21.0. The lowest BCUT2D eigenvalue weighted by Gasteiger charge is -2.12. The summed E-state index contributed by atoms with van der Waals surface area (Å²) in [6.45, 7) is 2.32. The van der Waals surface area contributed by atoms with Crippen LogP contribution in [0.2, 0.25) is 0 Å². The Morgan fingerprint density at radius 3 is 2.46 bits per heavy atom. The van der Waals surface area contributed by atoms with Gasteiger partial charge in [-0.05, 0) is 30.5 Å². The molecular weight excluding hydrogens is 358 g/mol. The fraction of sp³-hybridized carbons (Fsp3) is 0.286. The predicted octanol–water partition coefficient (Wildman–Crippen LogP) is 3.00. The molecule has 0 aliphatic carbocycles. The number of hydrogen-bond donors (Lipinski definition) is 3. The minimum absolute atomic E-state index is 0.197. The molecule has 7 nitrogen and oxygen atoms in total. The zero-order chi connectivity index (χ0) is 20.4. The highest BCUT2D eigenvalue weighted by atomic mass is 16.5. The van der Waals surface area contributed by atoms with Crippen LogP contribution in [0.25, 0.3) is 0 Å². The Morgan fingerprint density at radius 1 is 1.00 bits per heavy atom. The number of carbonyl (C=O) groups is 3. The smallest absolute Gasteiger partial charge is 0.407 e. The largest absolute Gasteiger partial charge is 0.445 e. The summed E-state index contributed by atoms with van der Waals surface area (Å²) in [5.41, 5.74) is 2.60. The maximum atomic E-state index is 12.2. The van der Waals surface area contributed by atoms with E-state index in [1.165, 1.54) is 0 Å². The maximum Gasteiger partial charge on any atom is 0.407 e. The zero-order valence-corrected chi connectivity index (χ0v) is 16.1. The second kappa shape index (κ2) is 10.7. The average molecular weight is 383 g/mol. The number of anilines is 1. The van der Waals surface area contributed by atoms with Crippen LogP contribution in [-0.2, 0) is 16.1 Å². The molecule has 148 valence electrons. The van der Waals surface area contributed by atoms with E-state index < -0.39 is 6.09 Å². The number of hydrogen-bond acceptors (Lipinski definition) is 4. The highest BCUT2D eigenvalue weighted by Gasteiger charge is 2.14. The third-order valence-electron chi connectivity index (χ3n) is 4.06. The van der Waals surface area contributed by atoms with E-state index in [1.54, 1.807) is 19.2 Å². The van der Waals surface area contributed by atoms with Crippen molar-refractivity contribution in [2.24, 2.45) is 0 Å². The van der Waals surface area contributed by atoms with Gasteiger partial charge < -0.3 is 20.7 Å². The molecule has 0 aliphatic rings. The van der Waals surface area contributed by atoms with Crippen LogP contribution in [0.5, 0.6) is 0 Å². The quantitative estimate of drug-likeness (QED) is 0.611. The van der Waals surface area contributed by atoms with Crippen LogP contribution in [-0.4, -0.2) is 31.5 Å². The number of ether oxygens (including phenoxy) is 1. The standard InChI is InChI=1S/C21H25N3O4/c1-15-8-6-11-17(19(15)20(26)22-2)24-18(25)12-7-13-23-21(27)28-14-16-9-4-3-5-10-16/h3-6,8-11H,7,12-14H2,1-2H3,(H,22,26)(H,23,27)(H,24,25). The summed E-state index contributed by atoms with van der Waals surface area (Å²) in [6.07, 6.45) is 0.137. The van der Waals surface area contributed by atoms with E-state index in [9.17, 15) is 14.4 Å². The first-order valence-electron chi connectivity index (χ1n) is 9.07. The number of carbonyl (C=O) groups excluding carboxylic acids is 3. The molecule has 0 fully saturated rings. The molecule has 0 radical (unpaired) electrons. The van der Waals surface area contributed by atoms with Crippen molar-refractivity contribution in [3.8, 4) is 0 Å². The molecule has 0 unspecified atom stereocenters. The van der Waals surface area contributed by atoms with Crippen LogP contribution in [0.4, 0.5) is 10.5 Å². The second-order valence-electron chi connectivity index (χ2n) is 6.22. The van der Waals surface area contributed by atoms with Gasteiger partial charge in [-0.3, -0.25) is 9.59 Å². The monoisotopic (exact) mass is 383 g/mol. The SMILES string of the molecule is CNC(=O)c1c(C)cccc1NC(=O)CCCNC(=O)OCc1ccccc1. The molecule has 0 saturated carbocycles. The van der Waals surface area contributed by atoms with Gasteiger partial charge in [-0.25, -0.2) is 4.79 Å². The van der Waals surface area contributed by atoms with Gasteiger partial charge in [-0.1, -0.05) is 42.5 Å². The Labute approximate surface area is 164 Å². The Kier molecular flexibility index (Phi) is 8.02. The van der Waals surface area contributed by atoms with E-state index in [-0.39, 0.29) is 24.8 Å². The average Bonchev–Trinajstić information content (AvgIpc) is 2.70. The highest BCUT2D eigenvalue weighted by Crippen LogP contribution is 2.19. The van der Waals surface area contributed by atoms with Crippen molar-refractivity contribution in [3.05, 3.63) is 65.2 Å². The van der Waals surface area contributed by atoms with E-state index in [1.807, 2.05) is 43.3 Å². The van der Waals surface area contributed by atoms with Gasteiger partial charge in [0.2, 0.25) is 5.91 Å². The molecule has 0 saturated heterocycles. The Morgan fingerprint density at radius 2 is 1.75 bits per heavy atom. The first-order valence-corrected chi connectivity index (χ1v) is 9.07. The van der Waals surface area contributed by atoms with E-state index in [4.69, 9.17) is 4.74 Å². The van der Waals surface area contributed by atoms with E-state index in [0.717, 1.165) is 11.1 Å². The van der Waals surface area contributed by atoms with Crippen LogP contribution in [0.1, 0.15) is 34.3 Å². The van der Waals surface area contributed by atoms with Gasteiger partial charge in [-0.2, -0.15) is 0 Å². The fourth-order valence-corrected chi connectivity index (χ4v) is 2.62. The van der Waals surface area contributed by atoms with Crippen molar-refractivity contribution in [1.82, 2.24) is 10.6 Å². The highest BCUT2D eigenvalue weighted by molar-refractivity contribution is 6.04. The molecule has 0 bridgehead atoms. The molecule has 0 aliphatic heterocycles. The van der Waals surface area contributed by atoms with Crippen LogP contribution in [0.3, 0.4) is 0 Å². The molecular formula is C21H25N3O4. The van der Waals surface area contributed by atoms with Crippen LogP contribution >= 0.6 is 0 Å². The van der Waals surface area contributed by atoms with E-state index >= 15 is 0 Å². The normalized spacial score (nSPS) is 10.1. The Bertz CT molecular complexity index is 822. The third-order valence-corrected chi connectivity index (χ3v) is 4.06. The number of benzene rings is 2. The van der Waals surface area contributed by atoms with E-state index in [0.29, 0.717) is 24.2 Å². The lowest BCUT2D eigenvalue weighted by atomic mass is 10.1. The molecule has 0 aromatic heterocycles. The summed E-state index contributed by atoms with van der Waals surface area (Å²) in [6, 6.07) is 14.7. The zero-order valence-electron chi connectivity index (χ0n) is 16.1. The predicted molar refractivity (Wildman–Crippen MR) is 107 cm³/mol. The molecule has 7 heteroatoms. The van der Waals surface area contributed by atoms with Crippen LogP contribution < -0.4 is 16.0 Å². The third kappa shape index (κ3) is 6.42. The molecule has 3 N–H and O–H groups in total. The first-order chi connectivity index (χ1) is 13.5. The summed E-state index contributed by atoms with van der Waals surface area (Å²) in [4.78, 5) is 35.8. The van der Waals surface area contributed by atoms with Crippen molar-refractivity contribution in [3.63, 3.8) is 0 Å². The number of alkyl carbamates (subject to hydrolysis) is 1. The van der Waals surface area contributed by atoms with Crippen molar-refractivity contribution >= 4 is 23.6 Å². The van der Waals surface area contributed by atoms with Crippen molar-refractivity contribution in [2.45, 2.75) is 26.4 Å². The number of aryl methyl sites for hydroxylation is 1. The van der Waals surface area contributed by atoms with Crippen LogP contribution in [0, 0.1) is 6.92 Å². The molecule has 2 rings (SSSR count). The maximum absolute atomic E-state index is 12.2. The molecule has 28 heavy (non-hydrogen) atoms. The minimum atomic E-state index is -0.523. The number of amides is 3. The van der Waals surface area contributed by atoms with Gasteiger partial charge in [-0.15, -0.1) is 0 Å². The Balaban J connectivity index is 1.72. The number of nitrogens with one attached hydrogen (secondary N) is 3. The Hall–Kier alpha value is -3.35. The summed E-state index contributed by atoms with van der Waals surface area (Å²) in [5, 5.41) is 7.94. The van der Waals surface area contributed by atoms with Crippen molar-refractivity contribution in [2.75, 3.05) is 18.9 Å². The van der Waals surface area contributed by atoms with Crippen molar-refractivity contribution < 1.29 is 19.1 Å². The molecule has 2 aromatic rings. The lowest BCUT2D eigenvalue weighted by Crippen LogP contribution is -2.26. The second-order valence-corrected chi connectivity index (χ2v) is 6.22. The summed E-state index contributed by atoms with van der Waals surface area (Å²) in [5.74, 6) is -0.480. The molecule has 0 atom stereocenters. The van der Waals surface area contributed by atoms with E-state index in [2.05, 4.69) is 16.0 Å². The molecule has 2 aromatic carbocycles. The van der Waals surface area contributed by atoms with Gasteiger partial charge >= 0.3 is 6.09 Å². The van der Waals surface area contributed by atoms with Gasteiger partial charge in [0.05, 0.1) is 11.3 Å². The summed E-state index contributed by atoms with van der Waals surface area (Å²) in [7, 11) is 1.54. The number of rotatable bonds is 8. The minimum Gasteiger partial charge on any atom is -0.445 e. The van der Waals surface area contributed by atoms with Crippen LogP contribution in [0.15, 0.2) is 48.5 Å². The molecule has 0 spiro atoms. The van der Waals surface area contributed by atoms with Gasteiger partial charge in [0.1, 0.15) is 6.61 Å². The molecule has 0 heterocycles. The summed E-state index contributed by atoms with van der Waals surface area (Å²) < 4.78 is 5.10. The fourth-order valence-electron chi connectivity index (χ4n) is 2.62. The lowest BCUT2D eigenvalue weighted by molar-refractivity contribution is -0.116. The van der Waals surface area contributed by atoms with Gasteiger partial charge in [0.25, 0.3) is 5.91 Å². The van der Waals surface area contributed by atoms with Gasteiger partial charge in [0, 0.05) is 20.0 Å². The molecule has 3 amide bonds. The summed E-state index contributed by atoms with van der Waals surface area (Å²) >= 11 is 0. The van der Waals surface area contributed by atoms with Gasteiger partial charge in [0.15, 0.2) is 0 Å².